The Balaban J connectivity index is 2.24. The molecule has 0 spiro atoms. The molecule has 2 aliphatic heterocycles. The fourth-order valence-corrected chi connectivity index (χ4v) is 1.88. The summed E-state index contributed by atoms with van der Waals surface area (Å²) in [6.45, 7) is 2.46. The van der Waals surface area contributed by atoms with Crippen molar-refractivity contribution in [3.63, 3.8) is 0 Å². The number of fused-ring (bicyclic) bond motifs is 1. The summed E-state index contributed by atoms with van der Waals surface area (Å²) in [7, 11) is 0. The van der Waals surface area contributed by atoms with Crippen LogP contribution in [0.15, 0.2) is 0 Å². The molecule has 2 rings (SSSR count). The van der Waals surface area contributed by atoms with E-state index in [0.717, 1.165) is 12.8 Å². The van der Waals surface area contributed by atoms with E-state index < -0.39 is 0 Å². The molecule has 0 unspecified atom stereocenters. The third kappa shape index (κ3) is 1.29. The maximum atomic E-state index is 11.6. The molecule has 13 heavy (non-hydrogen) atoms. The second-order valence-electron chi connectivity index (χ2n) is 3.54. The van der Waals surface area contributed by atoms with Crippen LogP contribution in [-0.4, -0.2) is 35.3 Å². The van der Waals surface area contributed by atoms with Crippen molar-refractivity contribution in [2.75, 3.05) is 6.54 Å². The Morgan fingerprint density at radius 1 is 1.46 bits per heavy atom. The predicted molar refractivity (Wildman–Crippen MR) is 45.5 cm³/mol. The highest BCUT2D eigenvalue weighted by molar-refractivity contribution is 5.92. The lowest BCUT2D eigenvalue weighted by Crippen LogP contribution is -2.44. The molecule has 2 atom stereocenters. The van der Waals surface area contributed by atoms with Crippen LogP contribution in [0.25, 0.3) is 0 Å². The average Bonchev–Trinajstić information content (AvgIpc) is 2.57. The van der Waals surface area contributed by atoms with E-state index in [0.29, 0.717) is 6.54 Å². The molecule has 0 aromatic carbocycles. The maximum Gasteiger partial charge on any atom is 0.256 e. The van der Waals surface area contributed by atoms with Gasteiger partial charge in [-0.25, -0.2) is 5.43 Å². The fraction of sp³-hybridized carbons (Fsp3) is 0.750. The van der Waals surface area contributed by atoms with Gasteiger partial charge in [0.25, 0.3) is 5.91 Å². The van der Waals surface area contributed by atoms with E-state index in [2.05, 4.69) is 10.9 Å². The highest BCUT2D eigenvalue weighted by atomic mass is 16.2. The van der Waals surface area contributed by atoms with Crippen LogP contribution in [0.3, 0.4) is 0 Å². The molecule has 2 N–H and O–H groups in total. The Hall–Kier alpha value is -1.10. The number of nitrogens with one attached hydrogen (secondary N) is 2. The number of amides is 2. The number of hydrogen-bond acceptors (Lipinski definition) is 3. The van der Waals surface area contributed by atoms with Gasteiger partial charge in [-0.15, -0.1) is 0 Å². The van der Waals surface area contributed by atoms with Crippen LogP contribution in [0, 0.1) is 0 Å². The molecule has 5 heteroatoms. The number of rotatable bonds is 0. The molecule has 2 amide bonds. The monoisotopic (exact) mass is 183 g/mol. The van der Waals surface area contributed by atoms with Gasteiger partial charge in [0.1, 0.15) is 12.1 Å². The second kappa shape index (κ2) is 2.99. The highest BCUT2D eigenvalue weighted by Gasteiger charge is 2.38. The Bertz CT molecular complexity index is 254. The van der Waals surface area contributed by atoms with Crippen LogP contribution in [0.4, 0.5) is 0 Å². The van der Waals surface area contributed by atoms with Gasteiger partial charge in [-0.05, 0) is 19.8 Å². The van der Waals surface area contributed by atoms with Crippen LogP contribution in [0.5, 0.6) is 0 Å². The summed E-state index contributed by atoms with van der Waals surface area (Å²) in [6, 6.07) is -0.558. The summed E-state index contributed by atoms with van der Waals surface area (Å²) in [4.78, 5) is 24.7. The van der Waals surface area contributed by atoms with Crippen LogP contribution in [0.2, 0.25) is 0 Å². The van der Waals surface area contributed by atoms with Crippen LogP contribution in [0.1, 0.15) is 19.8 Å². The summed E-state index contributed by atoms with van der Waals surface area (Å²) in [5.74, 6) is -0.0731. The van der Waals surface area contributed by atoms with Gasteiger partial charge in [-0.3, -0.25) is 15.0 Å². The zero-order valence-electron chi connectivity index (χ0n) is 7.54. The van der Waals surface area contributed by atoms with Gasteiger partial charge in [-0.1, -0.05) is 0 Å². The predicted octanol–water partition coefficient (Wildman–Crippen LogP) is -1.000. The zero-order valence-corrected chi connectivity index (χ0v) is 7.54. The lowest BCUT2D eigenvalue weighted by molar-refractivity contribution is -0.136. The van der Waals surface area contributed by atoms with E-state index >= 15 is 0 Å². The van der Waals surface area contributed by atoms with Crippen molar-refractivity contribution < 1.29 is 9.59 Å². The Morgan fingerprint density at radius 2 is 2.23 bits per heavy atom. The SMILES string of the molecule is C[C@H]1NNC(=O)[C@@H]2CCCN2C1=O. The molecule has 0 aliphatic carbocycles. The first kappa shape index (κ1) is 8.50. The van der Waals surface area contributed by atoms with Gasteiger partial charge >= 0.3 is 0 Å². The molecule has 2 aliphatic rings. The Labute approximate surface area is 76.4 Å². The number of hydrazine groups is 1. The van der Waals surface area contributed by atoms with Gasteiger partial charge < -0.3 is 4.90 Å². The van der Waals surface area contributed by atoms with Crippen molar-refractivity contribution >= 4 is 11.8 Å². The minimum Gasteiger partial charge on any atom is -0.329 e. The number of hydrogen-bond donors (Lipinski definition) is 2. The zero-order chi connectivity index (χ0) is 9.42. The van der Waals surface area contributed by atoms with Gasteiger partial charge in [0, 0.05) is 6.54 Å². The van der Waals surface area contributed by atoms with Crippen molar-refractivity contribution in [2.45, 2.75) is 31.8 Å². The minimum atomic E-state index is -0.313. The first-order valence-corrected chi connectivity index (χ1v) is 4.56. The first-order valence-electron chi connectivity index (χ1n) is 4.56. The highest BCUT2D eigenvalue weighted by Crippen LogP contribution is 2.19. The van der Waals surface area contributed by atoms with Crippen LogP contribution >= 0.6 is 0 Å². The molecule has 0 aromatic rings. The molecule has 2 fully saturated rings. The average molecular weight is 183 g/mol. The van der Waals surface area contributed by atoms with Crippen LogP contribution < -0.4 is 10.9 Å². The minimum absolute atomic E-state index is 0.0147. The van der Waals surface area contributed by atoms with Crippen LogP contribution in [-0.2, 0) is 9.59 Å². The summed E-state index contributed by atoms with van der Waals surface area (Å²) >= 11 is 0. The summed E-state index contributed by atoms with van der Waals surface area (Å²) in [5, 5.41) is 0. The normalized spacial score (nSPS) is 34.1. The van der Waals surface area contributed by atoms with Crippen molar-refractivity contribution in [2.24, 2.45) is 0 Å². The lowest BCUT2D eigenvalue weighted by atomic mass is 10.2. The molecule has 0 saturated carbocycles. The summed E-state index contributed by atoms with van der Waals surface area (Å²) in [6.07, 6.45) is 1.71. The van der Waals surface area contributed by atoms with E-state index in [1.807, 2.05) is 0 Å². The maximum absolute atomic E-state index is 11.6. The van der Waals surface area contributed by atoms with E-state index in [4.69, 9.17) is 0 Å². The molecular formula is C8H13N3O2. The number of carbonyl (C=O) groups is 2. The van der Waals surface area contributed by atoms with Gasteiger partial charge in [0.05, 0.1) is 0 Å². The summed E-state index contributed by atoms with van der Waals surface area (Å²) in [5.41, 5.74) is 5.23. The number of carbonyl (C=O) groups excluding carboxylic acids is 2. The molecule has 2 heterocycles. The molecule has 0 radical (unpaired) electrons. The van der Waals surface area contributed by atoms with Gasteiger partial charge in [0.15, 0.2) is 0 Å². The van der Waals surface area contributed by atoms with Crippen molar-refractivity contribution in [3.8, 4) is 0 Å². The molecule has 72 valence electrons. The molecule has 0 bridgehead atoms. The second-order valence-corrected chi connectivity index (χ2v) is 3.54. The Kier molecular flexibility index (Phi) is 1.95. The Morgan fingerprint density at radius 3 is 3.00 bits per heavy atom. The molecule has 5 nitrogen and oxygen atoms in total. The third-order valence-electron chi connectivity index (χ3n) is 2.62. The quantitative estimate of drug-likeness (QED) is 0.506. The fourth-order valence-electron chi connectivity index (χ4n) is 1.88. The van der Waals surface area contributed by atoms with E-state index in [1.54, 1.807) is 11.8 Å². The molecular weight excluding hydrogens is 170 g/mol. The van der Waals surface area contributed by atoms with Gasteiger partial charge in [-0.2, -0.15) is 0 Å². The molecule has 2 saturated heterocycles. The summed E-state index contributed by atoms with van der Waals surface area (Å²) < 4.78 is 0. The third-order valence-corrected chi connectivity index (χ3v) is 2.62. The van der Waals surface area contributed by atoms with E-state index in [1.165, 1.54) is 0 Å². The van der Waals surface area contributed by atoms with Crippen molar-refractivity contribution in [3.05, 3.63) is 0 Å². The molecule has 0 aromatic heterocycles. The van der Waals surface area contributed by atoms with Crippen molar-refractivity contribution in [1.29, 1.82) is 0 Å². The van der Waals surface area contributed by atoms with E-state index in [-0.39, 0.29) is 23.9 Å². The van der Waals surface area contributed by atoms with Crippen molar-refractivity contribution in [1.82, 2.24) is 15.8 Å². The standard InChI is InChI=1S/C8H13N3O2/c1-5-8(13)11-4-2-3-6(11)7(12)10-9-5/h5-6,9H,2-4H2,1H3,(H,10,12)/t5-,6+/m1/s1. The first-order chi connectivity index (χ1) is 6.20. The largest absolute Gasteiger partial charge is 0.329 e. The topological polar surface area (TPSA) is 61.4 Å². The van der Waals surface area contributed by atoms with E-state index in [9.17, 15) is 9.59 Å². The smallest absolute Gasteiger partial charge is 0.256 e. The van der Waals surface area contributed by atoms with Gasteiger partial charge in [0.2, 0.25) is 5.91 Å². The number of nitrogens with zero attached hydrogens (tertiary/aromatic N) is 1. The lowest BCUT2D eigenvalue weighted by Gasteiger charge is -2.20.